The summed E-state index contributed by atoms with van der Waals surface area (Å²) in [7, 11) is -21.2. The Bertz CT molecular complexity index is 4420. The van der Waals surface area contributed by atoms with Crippen LogP contribution in [0.25, 0.3) is 22.3 Å². The Labute approximate surface area is 760 Å². The van der Waals surface area contributed by atoms with E-state index in [1.165, 1.54) is 21.8 Å². The monoisotopic (exact) mass is 2050 g/mol. The molecule has 46 atom stereocenters. The molecule has 13 rings (SSSR count). The van der Waals surface area contributed by atoms with Gasteiger partial charge in [-0.1, -0.05) is 14.9 Å². The zero-order valence-corrected chi connectivity index (χ0v) is 72.1. The van der Waals surface area contributed by atoms with E-state index in [2.05, 4.69) is 47.6 Å². The predicted octanol–water partition coefficient (Wildman–Crippen LogP) is -17.6. The molecule has 4 aromatic heterocycles. The molecule has 3 saturated carbocycles. The van der Waals surface area contributed by atoms with Crippen molar-refractivity contribution in [3.8, 4) is 0 Å². The summed E-state index contributed by atoms with van der Waals surface area (Å²) < 4.78 is 125. The number of nitrogens with two attached hydrogens (primary N) is 2. The molecule has 9 aliphatic rings. The van der Waals surface area contributed by atoms with Crippen molar-refractivity contribution in [2.75, 3.05) is 70.9 Å². The van der Waals surface area contributed by atoms with Gasteiger partial charge in [-0.15, -0.1) is 0 Å². The van der Waals surface area contributed by atoms with Crippen LogP contribution in [0.3, 0.4) is 0 Å². The summed E-state index contributed by atoms with van der Waals surface area (Å²) in [6, 6.07) is 0. The molecule has 135 heavy (non-hydrogen) atoms. The SMILES string of the molecule is C.C.Nc1ncnc2c1ncn2[C@@H]1O[C@H](COP(=O)(O)OP(=O)(O)O)[C@@H](O)[C@H]1O.Nc1ncnc2c1ncn2[C@@H]1O[C@H](COP(=O)(O)OP(=O)(O)O[C@H]2C[C@H](CO)[C@@H](O)[C@H](O)[C@H]2O)[C@@H](O)[C@H]1O.OC[C@H]1C[C@H](O[C@H]2[C@H](O)[C@@H](O)[C@@H](O[C@H]3[C@H](O)[C@@H](O)[C@@H](O)O[C@@H]3CO)O[C@@H]2CO)[C@H](O)[C@@H](O)[C@@H]1O.OC[C@H]1C[C@H](O[C@H]2[C@H](O)[C@@H](O)[C@@H](O[C@H]3[C@H](O)[C@@H](O)[C@@H](O)O[C@@H]3CO)O[C@@H]2CO)[C@H](O)[C@@H](O)[C@@H]1O. The maximum Gasteiger partial charge on any atom is 0.481 e. The number of hydrogen-bond donors (Lipinski definition) is 37. The summed E-state index contributed by atoms with van der Waals surface area (Å²) in [6.45, 7) is -6.43. The maximum absolute atomic E-state index is 12.3. The summed E-state index contributed by atoms with van der Waals surface area (Å²) in [4.78, 5) is 69.7. The fourth-order valence-electron chi connectivity index (χ4n) is 15.8. The molecular weight excluding hydrogens is 1930 g/mol. The van der Waals surface area contributed by atoms with Crippen LogP contribution in [0.15, 0.2) is 25.3 Å². The number of aliphatic hydroxyl groups is 30. The molecule has 0 aromatic carbocycles. The first kappa shape index (κ1) is 116. The third-order valence-electron chi connectivity index (χ3n) is 23.1. The van der Waals surface area contributed by atoms with Gasteiger partial charge >= 0.3 is 31.3 Å². The van der Waals surface area contributed by atoms with Crippen LogP contribution >= 0.6 is 31.3 Å². The molecule has 6 saturated heterocycles. The first-order valence-corrected chi connectivity index (χ1v) is 46.1. The second kappa shape index (κ2) is 48.8. The molecule has 0 bridgehead atoms. The normalized spacial score (nSPS) is 42.6. The van der Waals surface area contributed by atoms with Gasteiger partial charge in [-0.25, -0.2) is 48.2 Å². The number of anilines is 2. The first-order chi connectivity index (χ1) is 62.3. The summed E-state index contributed by atoms with van der Waals surface area (Å²) in [5, 5.41) is 299. The molecule has 0 spiro atoms. The molecule has 0 radical (unpaired) electrons. The average molecular weight is 2050 g/mol. The van der Waals surface area contributed by atoms with Gasteiger partial charge in [0.15, 0.2) is 60.5 Å². The van der Waals surface area contributed by atoms with Crippen LogP contribution in [-0.4, -0.2) is 509 Å². The number of ether oxygens (including phenoxy) is 10. The molecule has 0 amide bonds. The number of nitrogen functional groups attached to an aromatic ring is 2. The summed E-state index contributed by atoms with van der Waals surface area (Å²) in [6.07, 6.45) is -58.9. The zero-order chi connectivity index (χ0) is 98.6. The van der Waals surface area contributed by atoms with Gasteiger partial charge in [-0.05, 0) is 19.3 Å². The summed E-state index contributed by atoms with van der Waals surface area (Å²) >= 11 is 0. The fraction of sp³-hybridized carbons (Fsp3) is 0.851. The topological polar surface area (TPSA) is 1050 Å². The van der Waals surface area contributed by atoms with E-state index in [1.54, 1.807) is 0 Å². The number of fused-ring (bicyclic) bond motifs is 2. The molecule has 3 unspecified atom stereocenters. The standard InChI is InChI=1S/2C19H34O15.C17H27N5O14P2.C10H15N5O10P2.2CH4/c2*20-2-5-1-6(10(24)11(25)9(5)23)31-16-8(4-22)33-19(15(29)13(16)27)34-17-7(3-21)32-18(30)14(28)12(17)26;18-15-9-16(20-4-19-15)22(5-21-9)17-14(28)12(26)8(34-17)3-33-37(29,30)36-38(31,32)35-7-1-6(2-23)10(24)13(27)11(7)25;11-8-5-9(13-2-12-8)15(3-14-5)10-7(17)6(16)4(24-10)1-23-27(21,22)25-26(18,19)20;;/h2*5-30H,1-4H2;4-8,10-14,17,23-28H,1-3H2,(H,29,30)(H,31,32)(H2,18,19,20);2-4,6-7,10,16-17H,1H2,(H,21,22)(H2,11,12,13)(H2,18,19,20);2*1H4/t2*5-,6+,7-,8-,9-,10+,11+,12-,13-,14-,15-,16-,17-,18+,19-;6-,7+,8-,10-,11+,12-,13+,14-,17-;4-,6-,7-,10-;;/m1111../s1. The van der Waals surface area contributed by atoms with Crippen LogP contribution in [0.5, 0.6) is 0 Å². The Morgan fingerprint density at radius 1 is 0.326 bits per heavy atom. The Balaban J connectivity index is 0.000000222. The second-order valence-corrected chi connectivity index (χ2v) is 37.7. The average Bonchev–Trinajstić information content (AvgIpc) is 1.44. The molecular formula is C67H118N10O54P4. The van der Waals surface area contributed by atoms with Gasteiger partial charge in [0, 0.05) is 37.6 Å². The minimum atomic E-state index is -5.44. The number of phosphoric ester groups is 3. The fourth-order valence-corrected chi connectivity index (χ4v) is 19.6. The van der Waals surface area contributed by atoms with E-state index in [1.807, 2.05) is 0 Å². The smallest absolute Gasteiger partial charge is 0.396 e. The van der Waals surface area contributed by atoms with E-state index in [9.17, 15) is 186 Å². The van der Waals surface area contributed by atoms with Gasteiger partial charge in [0.2, 0.25) is 0 Å². The molecule has 10 heterocycles. The van der Waals surface area contributed by atoms with Crippen LogP contribution in [-0.2, 0) is 87.8 Å². The number of rotatable bonds is 29. The molecule has 64 nitrogen and oxygen atoms in total. The molecule has 3 aliphatic carbocycles. The molecule has 6 aliphatic heterocycles. The molecule has 780 valence electrons. The highest BCUT2D eigenvalue weighted by molar-refractivity contribution is 7.61. The number of aromatic nitrogens is 8. The van der Waals surface area contributed by atoms with E-state index >= 15 is 0 Å². The zero-order valence-electron chi connectivity index (χ0n) is 68.6. The number of nitrogens with zero attached hydrogens (tertiary/aromatic N) is 8. The minimum absolute atomic E-state index is 0. The van der Waals surface area contributed by atoms with E-state index < -0.39 is 360 Å². The van der Waals surface area contributed by atoms with Crippen molar-refractivity contribution < 1.29 is 265 Å². The number of hydrogen-bond acceptors (Lipinski definition) is 57. The molecule has 9 fully saturated rings. The van der Waals surface area contributed by atoms with Crippen molar-refractivity contribution in [3.05, 3.63) is 25.3 Å². The van der Waals surface area contributed by atoms with Crippen LogP contribution < -0.4 is 11.5 Å². The summed E-state index contributed by atoms with van der Waals surface area (Å²) in [5.41, 5.74) is 12.2. The van der Waals surface area contributed by atoms with Gasteiger partial charge in [-0.3, -0.25) is 22.7 Å². The van der Waals surface area contributed by atoms with Gasteiger partial charge in [0.25, 0.3) is 0 Å². The molecule has 39 N–H and O–H groups in total. The molecule has 68 heteroatoms. The Kier molecular flexibility index (Phi) is 41.9. The largest absolute Gasteiger partial charge is 0.481 e. The van der Waals surface area contributed by atoms with Crippen LogP contribution in [0.4, 0.5) is 11.6 Å². The third kappa shape index (κ3) is 26.8. The lowest BCUT2D eigenvalue weighted by atomic mass is 9.81. The third-order valence-corrected chi connectivity index (χ3v) is 27.9. The number of aliphatic hydroxyl groups excluding tert-OH is 30. The first-order valence-electron chi connectivity index (χ1n) is 40.1. The van der Waals surface area contributed by atoms with Crippen LogP contribution in [0.1, 0.15) is 46.6 Å². The van der Waals surface area contributed by atoms with Gasteiger partial charge in [-0.2, -0.15) is 8.62 Å². The number of phosphoric acid groups is 4. The minimum Gasteiger partial charge on any atom is -0.396 e. The Morgan fingerprint density at radius 3 is 0.970 bits per heavy atom. The van der Waals surface area contributed by atoms with Gasteiger partial charge in [0.05, 0.1) is 88.9 Å². The van der Waals surface area contributed by atoms with Crippen LogP contribution in [0, 0.1) is 17.8 Å². The predicted molar refractivity (Wildman–Crippen MR) is 427 cm³/mol. The lowest BCUT2D eigenvalue weighted by Gasteiger charge is -2.48. The highest BCUT2D eigenvalue weighted by Crippen LogP contribution is 2.62. The number of imidazole rings is 2. The highest BCUT2D eigenvalue weighted by atomic mass is 31.3. The van der Waals surface area contributed by atoms with Crippen molar-refractivity contribution in [3.63, 3.8) is 0 Å². The summed E-state index contributed by atoms with van der Waals surface area (Å²) in [5.74, 6) is -2.59. The van der Waals surface area contributed by atoms with Crippen molar-refractivity contribution >= 4 is 65.3 Å². The Morgan fingerprint density at radius 2 is 0.637 bits per heavy atom. The van der Waals surface area contributed by atoms with E-state index in [0.29, 0.717) is 0 Å². The van der Waals surface area contributed by atoms with Crippen LogP contribution in [0.2, 0.25) is 0 Å². The van der Waals surface area contributed by atoms with Crippen molar-refractivity contribution in [2.24, 2.45) is 17.8 Å². The van der Waals surface area contributed by atoms with E-state index in [-0.39, 0.29) is 61.7 Å². The van der Waals surface area contributed by atoms with Gasteiger partial charge < -0.3 is 236 Å². The van der Waals surface area contributed by atoms with E-state index in [4.69, 9.17) is 73.1 Å². The van der Waals surface area contributed by atoms with Crippen molar-refractivity contribution in [2.45, 2.75) is 279 Å². The van der Waals surface area contributed by atoms with Crippen molar-refractivity contribution in [1.29, 1.82) is 0 Å². The Hall–Kier alpha value is -4.38. The van der Waals surface area contributed by atoms with E-state index in [0.717, 1.165) is 12.7 Å². The maximum atomic E-state index is 12.3. The second-order valence-electron chi connectivity index (χ2n) is 31.9. The van der Waals surface area contributed by atoms with Crippen molar-refractivity contribution in [1.82, 2.24) is 39.0 Å². The lowest BCUT2D eigenvalue weighted by molar-refractivity contribution is -0.361. The quantitative estimate of drug-likeness (QED) is 0.0225. The van der Waals surface area contributed by atoms with Gasteiger partial charge in [0.1, 0.15) is 195 Å². The lowest BCUT2D eigenvalue weighted by Crippen LogP contribution is -2.66. The highest BCUT2D eigenvalue weighted by Gasteiger charge is 2.58. The molecule has 4 aromatic rings.